The summed E-state index contributed by atoms with van der Waals surface area (Å²) in [5, 5.41) is 20.0. The molecule has 0 amide bonds. The smallest absolute Gasteiger partial charge is 0.122 e. The van der Waals surface area contributed by atoms with Crippen molar-refractivity contribution in [3.8, 4) is 11.5 Å². The second-order valence-electron chi connectivity index (χ2n) is 4.84. The Morgan fingerprint density at radius 2 is 1.56 bits per heavy atom. The first kappa shape index (κ1) is 12.5. The van der Waals surface area contributed by atoms with E-state index in [1.807, 2.05) is 45.0 Å². The third kappa shape index (κ3) is 2.33. The molecule has 0 spiro atoms. The minimum absolute atomic E-state index is 0.279. The summed E-state index contributed by atoms with van der Waals surface area (Å²) in [7, 11) is 0. The monoisotopic (exact) mass is 242 g/mol. The Morgan fingerprint density at radius 1 is 0.889 bits per heavy atom. The van der Waals surface area contributed by atoms with Crippen molar-refractivity contribution in [2.24, 2.45) is 0 Å². The Balaban J connectivity index is 2.46. The maximum atomic E-state index is 10.1. The maximum Gasteiger partial charge on any atom is 0.122 e. The van der Waals surface area contributed by atoms with E-state index in [0.717, 1.165) is 27.8 Å². The number of phenolic OH excluding ortho intramolecular Hbond substituents is 2. The van der Waals surface area contributed by atoms with Gasteiger partial charge in [0.1, 0.15) is 11.5 Å². The number of phenols is 2. The SMILES string of the molecule is Cc1ccc(O)c(Cc2c(C)ccc(C)c2O)c1. The Morgan fingerprint density at radius 3 is 2.28 bits per heavy atom. The first-order chi connectivity index (χ1) is 8.49. The van der Waals surface area contributed by atoms with Gasteiger partial charge in [0.05, 0.1) is 0 Å². The Hall–Kier alpha value is -1.96. The van der Waals surface area contributed by atoms with Crippen molar-refractivity contribution in [3.63, 3.8) is 0 Å². The third-order valence-corrected chi connectivity index (χ3v) is 3.32. The fourth-order valence-electron chi connectivity index (χ4n) is 2.12. The highest BCUT2D eigenvalue weighted by Gasteiger charge is 2.11. The Labute approximate surface area is 108 Å². The van der Waals surface area contributed by atoms with Crippen LogP contribution in [0.2, 0.25) is 0 Å². The molecule has 2 nitrogen and oxygen atoms in total. The van der Waals surface area contributed by atoms with Gasteiger partial charge in [0.15, 0.2) is 0 Å². The fourth-order valence-corrected chi connectivity index (χ4v) is 2.12. The van der Waals surface area contributed by atoms with E-state index in [1.54, 1.807) is 6.07 Å². The van der Waals surface area contributed by atoms with Crippen LogP contribution in [0.5, 0.6) is 11.5 Å². The maximum absolute atomic E-state index is 10.1. The van der Waals surface area contributed by atoms with Crippen molar-refractivity contribution in [1.29, 1.82) is 0 Å². The lowest BCUT2D eigenvalue weighted by Gasteiger charge is -2.12. The van der Waals surface area contributed by atoms with E-state index >= 15 is 0 Å². The number of aryl methyl sites for hydroxylation is 3. The van der Waals surface area contributed by atoms with Gasteiger partial charge in [-0.25, -0.2) is 0 Å². The Kier molecular flexibility index (Phi) is 3.28. The molecule has 2 N–H and O–H groups in total. The molecular formula is C16H18O2. The molecule has 0 aliphatic heterocycles. The van der Waals surface area contributed by atoms with Crippen molar-refractivity contribution in [2.75, 3.05) is 0 Å². The minimum Gasteiger partial charge on any atom is -0.508 e. The zero-order valence-corrected chi connectivity index (χ0v) is 11.0. The van der Waals surface area contributed by atoms with Gasteiger partial charge in [0, 0.05) is 12.0 Å². The van der Waals surface area contributed by atoms with Crippen LogP contribution in [0.15, 0.2) is 30.3 Å². The van der Waals surface area contributed by atoms with Gasteiger partial charge in [-0.05, 0) is 43.5 Å². The molecular weight excluding hydrogens is 224 g/mol. The molecule has 94 valence electrons. The zero-order valence-electron chi connectivity index (χ0n) is 11.0. The summed E-state index contributed by atoms with van der Waals surface area (Å²) in [5.41, 5.74) is 4.74. The van der Waals surface area contributed by atoms with E-state index in [0.29, 0.717) is 12.2 Å². The number of aromatic hydroxyl groups is 2. The second kappa shape index (κ2) is 4.73. The molecule has 0 heterocycles. The van der Waals surface area contributed by atoms with Gasteiger partial charge in [0.25, 0.3) is 0 Å². The zero-order chi connectivity index (χ0) is 13.3. The molecule has 0 aliphatic rings. The Bertz CT molecular complexity index is 586. The van der Waals surface area contributed by atoms with Gasteiger partial charge in [-0.2, -0.15) is 0 Å². The lowest BCUT2D eigenvalue weighted by molar-refractivity contribution is 0.460. The van der Waals surface area contributed by atoms with Gasteiger partial charge in [0.2, 0.25) is 0 Å². The molecule has 0 fully saturated rings. The highest BCUT2D eigenvalue weighted by atomic mass is 16.3. The quantitative estimate of drug-likeness (QED) is 0.844. The molecule has 18 heavy (non-hydrogen) atoms. The van der Waals surface area contributed by atoms with Crippen molar-refractivity contribution in [3.05, 3.63) is 58.1 Å². The minimum atomic E-state index is 0.279. The van der Waals surface area contributed by atoms with Crippen molar-refractivity contribution in [1.82, 2.24) is 0 Å². The van der Waals surface area contributed by atoms with Gasteiger partial charge < -0.3 is 10.2 Å². The molecule has 0 unspecified atom stereocenters. The van der Waals surface area contributed by atoms with Gasteiger partial charge >= 0.3 is 0 Å². The lowest BCUT2D eigenvalue weighted by atomic mass is 9.96. The first-order valence-electron chi connectivity index (χ1n) is 6.05. The molecule has 2 rings (SSSR count). The van der Waals surface area contributed by atoms with Crippen LogP contribution in [0.3, 0.4) is 0 Å². The molecule has 0 aromatic heterocycles. The summed E-state index contributed by atoms with van der Waals surface area (Å²) < 4.78 is 0. The average molecular weight is 242 g/mol. The topological polar surface area (TPSA) is 40.5 Å². The van der Waals surface area contributed by atoms with Crippen LogP contribution in [0.1, 0.15) is 27.8 Å². The molecule has 2 heteroatoms. The fraction of sp³-hybridized carbons (Fsp3) is 0.250. The van der Waals surface area contributed by atoms with E-state index in [-0.39, 0.29) is 5.75 Å². The van der Waals surface area contributed by atoms with E-state index in [1.165, 1.54) is 0 Å². The van der Waals surface area contributed by atoms with Gasteiger partial charge in [-0.1, -0.05) is 29.8 Å². The number of rotatable bonds is 2. The van der Waals surface area contributed by atoms with Gasteiger partial charge in [-0.15, -0.1) is 0 Å². The van der Waals surface area contributed by atoms with Crippen LogP contribution in [0, 0.1) is 20.8 Å². The number of hydrogen-bond donors (Lipinski definition) is 2. The molecule has 0 atom stereocenters. The van der Waals surface area contributed by atoms with E-state index in [4.69, 9.17) is 0 Å². The average Bonchev–Trinajstić information content (AvgIpc) is 2.34. The molecule has 0 radical (unpaired) electrons. The van der Waals surface area contributed by atoms with E-state index < -0.39 is 0 Å². The highest BCUT2D eigenvalue weighted by molar-refractivity contribution is 5.49. The first-order valence-corrected chi connectivity index (χ1v) is 6.05. The van der Waals surface area contributed by atoms with Gasteiger partial charge in [-0.3, -0.25) is 0 Å². The molecule has 0 saturated carbocycles. The molecule has 2 aromatic carbocycles. The van der Waals surface area contributed by atoms with Crippen molar-refractivity contribution < 1.29 is 10.2 Å². The summed E-state index contributed by atoms with van der Waals surface area (Å²) in [6.45, 7) is 5.85. The number of benzene rings is 2. The van der Waals surface area contributed by atoms with Crippen LogP contribution in [0.25, 0.3) is 0 Å². The van der Waals surface area contributed by atoms with Crippen LogP contribution < -0.4 is 0 Å². The lowest BCUT2D eigenvalue weighted by Crippen LogP contribution is -1.95. The highest BCUT2D eigenvalue weighted by Crippen LogP contribution is 2.30. The van der Waals surface area contributed by atoms with Crippen LogP contribution >= 0.6 is 0 Å². The summed E-state index contributed by atoms with van der Waals surface area (Å²) in [6.07, 6.45) is 0.548. The van der Waals surface area contributed by atoms with Crippen LogP contribution in [-0.2, 0) is 6.42 Å². The molecule has 0 aliphatic carbocycles. The van der Waals surface area contributed by atoms with Crippen LogP contribution in [0.4, 0.5) is 0 Å². The second-order valence-corrected chi connectivity index (χ2v) is 4.84. The molecule has 0 bridgehead atoms. The summed E-state index contributed by atoms with van der Waals surface area (Å²) >= 11 is 0. The largest absolute Gasteiger partial charge is 0.508 e. The third-order valence-electron chi connectivity index (χ3n) is 3.32. The summed E-state index contributed by atoms with van der Waals surface area (Å²) in [4.78, 5) is 0. The predicted molar refractivity (Wildman–Crippen MR) is 73.2 cm³/mol. The summed E-state index contributed by atoms with van der Waals surface area (Å²) in [5.74, 6) is 0.608. The predicted octanol–water partition coefficient (Wildman–Crippen LogP) is 3.61. The van der Waals surface area contributed by atoms with E-state index in [9.17, 15) is 10.2 Å². The van der Waals surface area contributed by atoms with E-state index in [2.05, 4.69) is 0 Å². The van der Waals surface area contributed by atoms with Crippen molar-refractivity contribution in [2.45, 2.75) is 27.2 Å². The van der Waals surface area contributed by atoms with Crippen molar-refractivity contribution >= 4 is 0 Å². The number of hydrogen-bond acceptors (Lipinski definition) is 2. The standard InChI is InChI=1S/C16H18O2/c1-10-4-7-15(17)13(8-10)9-14-11(2)5-6-12(3)16(14)18/h4-8,17-18H,9H2,1-3H3. The summed E-state index contributed by atoms with van der Waals surface area (Å²) in [6, 6.07) is 9.44. The molecule has 0 saturated heterocycles. The normalized spacial score (nSPS) is 10.6. The molecule has 2 aromatic rings. The van der Waals surface area contributed by atoms with Crippen LogP contribution in [-0.4, -0.2) is 10.2 Å².